The van der Waals surface area contributed by atoms with Gasteiger partial charge in [0.2, 0.25) is 0 Å². The van der Waals surface area contributed by atoms with E-state index in [2.05, 4.69) is 9.97 Å². The molecule has 0 spiro atoms. The fraction of sp³-hybridized carbons (Fsp3) is 0.643. The third-order valence-electron chi connectivity index (χ3n) is 4.24. The largest absolute Gasteiger partial charge is 0.330 e. The fourth-order valence-electron chi connectivity index (χ4n) is 3.20. The fourth-order valence-corrected chi connectivity index (χ4v) is 3.20. The minimum absolute atomic E-state index is 0.142. The Bertz CT molecular complexity index is 736. The minimum atomic E-state index is -0.364. The Balaban J connectivity index is 2.13. The number of fused-ring (bicyclic) bond motifs is 1. The van der Waals surface area contributed by atoms with Crippen LogP contribution in [0.15, 0.2) is 15.9 Å². The van der Waals surface area contributed by atoms with Crippen molar-refractivity contribution in [2.24, 2.45) is 5.73 Å². The summed E-state index contributed by atoms with van der Waals surface area (Å²) in [6, 6.07) is 0.142. The Morgan fingerprint density at radius 2 is 2.05 bits per heavy atom. The monoisotopic (exact) mass is 291 g/mol. The maximum atomic E-state index is 12.2. The van der Waals surface area contributed by atoms with Gasteiger partial charge < -0.3 is 10.3 Å². The molecular weight excluding hydrogens is 270 g/mol. The predicted octanol–water partition coefficient (Wildman–Crippen LogP) is 0.740. The second-order valence-electron chi connectivity index (χ2n) is 5.67. The zero-order valence-electron chi connectivity index (χ0n) is 12.0. The zero-order chi connectivity index (χ0) is 14.8. The highest BCUT2D eigenvalue weighted by atomic mass is 16.2. The molecular formula is C14H21N5O2. The number of nitrogens with two attached hydrogens (primary N) is 1. The Morgan fingerprint density at radius 1 is 1.29 bits per heavy atom. The predicted molar refractivity (Wildman–Crippen MR) is 80.4 cm³/mol. The number of imidazole rings is 1. The molecule has 2 aromatic heterocycles. The molecule has 1 aliphatic carbocycles. The molecule has 0 radical (unpaired) electrons. The lowest BCUT2D eigenvalue weighted by Gasteiger charge is -2.23. The molecule has 7 nitrogen and oxygen atoms in total. The zero-order valence-corrected chi connectivity index (χ0v) is 12.0. The van der Waals surface area contributed by atoms with E-state index in [1.807, 2.05) is 0 Å². The first-order chi connectivity index (χ1) is 10.2. The van der Waals surface area contributed by atoms with Crippen molar-refractivity contribution in [3.63, 3.8) is 0 Å². The molecule has 1 aliphatic rings. The molecule has 1 fully saturated rings. The van der Waals surface area contributed by atoms with Gasteiger partial charge in [-0.2, -0.15) is 0 Å². The summed E-state index contributed by atoms with van der Waals surface area (Å²) in [5.74, 6) is 0. The van der Waals surface area contributed by atoms with Gasteiger partial charge in [-0.05, 0) is 25.8 Å². The lowest BCUT2D eigenvalue weighted by Crippen LogP contribution is -2.34. The summed E-state index contributed by atoms with van der Waals surface area (Å²) >= 11 is 0. The first kappa shape index (κ1) is 14.1. The van der Waals surface area contributed by atoms with Crippen molar-refractivity contribution in [2.45, 2.75) is 51.1 Å². The molecule has 114 valence electrons. The van der Waals surface area contributed by atoms with E-state index in [9.17, 15) is 9.59 Å². The van der Waals surface area contributed by atoms with Crippen LogP contribution in [0.3, 0.4) is 0 Å². The second kappa shape index (κ2) is 5.85. The quantitative estimate of drug-likeness (QED) is 0.868. The van der Waals surface area contributed by atoms with Gasteiger partial charge in [0.15, 0.2) is 11.2 Å². The van der Waals surface area contributed by atoms with Crippen LogP contribution in [0, 0.1) is 0 Å². The van der Waals surface area contributed by atoms with Crippen molar-refractivity contribution >= 4 is 11.2 Å². The molecule has 7 heteroatoms. The lowest BCUT2D eigenvalue weighted by molar-refractivity contribution is 0.349. The van der Waals surface area contributed by atoms with E-state index in [0.29, 0.717) is 24.3 Å². The normalized spacial score (nSPS) is 16.6. The number of aromatic nitrogens is 4. The van der Waals surface area contributed by atoms with Crippen LogP contribution in [0.4, 0.5) is 0 Å². The van der Waals surface area contributed by atoms with Gasteiger partial charge in [0.1, 0.15) is 0 Å². The average Bonchev–Trinajstić information content (AvgIpc) is 2.90. The Kier molecular flexibility index (Phi) is 3.92. The molecule has 0 saturated heterocycles. The standard InChI is InChI=1S/C14H21N5O2/c15-7-4-8-18-9-16-12-11(18)13(20)17-14(21)19(12)10-5-2-1-3-6-10/h9-10H,1-8,15H2,(H,17,20,21). The van der Waals surface area contributed by atoms with E-state index in [1.54, 1.807) is 15.5 Å². The summed E-state index contributed by atoms with van der Waals surface area (Å²) < 4.78 is 3.47. The van der Waals surface area contributed by atoms with Gasteiger partial charge in [0.25, 0.3) is 5.56 Å². The van der Waals surface area contributed by atoms with Crippen LogP contribution in [0.1, 0.15) is 44.6 Å². The molecule has 1 saturated carbocycles. The molecule has 0 amide bonds. The first-order valence-corrected chi connectivity index (χ1v) is 7.62. The summed E-state index contributed by atoms with van der Waals surface area (Å²) in [5.41, 5.74) is 5.80. The topological polar surface area (TPSA) is 98.7 Å². The summed E-state index contributed by atoms with van der Waals surface area (Å²) in [4.78, 5) is 31.1. The van der Waals surface area contributed by atoms with Crippen LogP contribution in [-0.4, -0.2) is 25.6 Å². The number of nitrogens with one attached hydrogen (secondary N) is 1. The van der Waals surface area contributed by atoms with Gasteiger partial charge in [0, 0.05) is 12.6 Å². The van der Waals surface area contributed by atoms with Crippen LogP contribution >= 0.6 is 0 Å². The first-order valence-electron chi connectivity index (χ1n) is 7.62. The van der Waals surface area contributed by atoms with Crippen molar-refractivity contribution in [3.8, 4) is 0 Å². The lowest BCUT2D eigenvalue weighted by atomic mass is 9.95. The molecule has 0 unspecified atom stereocenters. The summed E-state index contributed by atoms with van der Waals surface area (Å²) in [5, 5.41) is 0. The Hall–Kier alpha value is -1.89. The number of H-pyrrole nitrogens is 1. The number of rotatable bonds is 4. The summed E-state index contributed by atoms with van der Waals surface area (Å²) in [7, 11) is 0. The molecule has 0 bridgehead atoms. The van der Waals surface area contributed by atoms with E-state index in [1.165, 1.54) is 6.42 Å². The number of hydrogen-bond acceptors (Lipinski definition) is 4. The minimum Gasteiger partial charge on any atom is -0.330 e. The molecule has 2 heterocycles. The number of aryl methyl sites for hydroxylation is 1. The second-order valence-corrected chi connectivity index (χ2v) is 5.67. The van der Waals surface area contributed by atoms with Gasteiger partial charge >= 0.3 is 5.69 Å². The number of aromatic amines is 1. The molecule has 3 rings (SSSR count). The Labute approximate surface area is 121 Å². The maximum absolute atomic E-state index is 12.2. The van der Waals surface area contributed by atoms with E-state index in [4.69, 9.17) is 5.73 Å². The van der Waals surface area contributed by atoms with E-state index in [0.717, 1.165) is 32.1 Å². The molecule has 0 aromatic carbocycles. The van der Waals surface area contributed by atoms with Crippen molar-refractivity contribution < 1.29 is 0 Å². The molecule has 3 N–H and O–H groups in total. The van der Waals surface area contributed by atoms with Gasteiger partial charge in [-0.25, -0.2) is 9.78 Å². The average molecular weight is 291 g/mol. The molecule has 0 aliphatic heterocycles. The van der Waals surface area contributed by atoms with Crippen LogP contribution in [-0.2, 0) is 6.54 Å². The number of hydrogen-bond donors (Lipinski definition) is 2. The third-order valence-corrected chi connectivity index (χ3v) is 4.24. The highest BCUT2D eigenvalue weighted by molar-refractivity contribution is 5.70. The van der Waals surface area contributed by atoms with E-state index in [-0.39, 0.29) is 17.3 Å². The van der Waals surface area contributed by atoms with Crippen LogP contribution in [0.2, 0.25) is 0 Å². The van der Waals surface area contributed by atoms with E-state index >= 15 is 0 Å². The molecule has 21 heavy (non-hydrogen) atoms. The van der Waals surface area contributed by atoms with Gasteiger partial charge in [-0.15, -0.1) is 0 Å². The summed E-state index contributed by atoms with van der Waals surface area (Å²) in [6.07, 6.45) is 7.79. The van der Waals surface area contributed by atoms with Crippen molar-refractivity contribution in [3.05, 3.63) is 27.2 Å². The van der Waals surface area contributed by atoms with Gasteiger partial charge in [-0.3, -0.25) is 14.3 Å². The number of nitrogens with zero attached hydrogens (tertiary/aromatic N) is 3. The van der Waals surface area contributed by atoms with Crippen molar-refractivity contribution in [1.82, 2.24) is 19.1 Å². The van der Waals surface area contributed by atoms with Gasteiger partial charge in [0.05, 0.1) is 6.33 Å². The highest BCUT2D eigenvalue weighted by Crippen LogP contribution is 2.28. The van der Waals surface area contributed by atoms with Gasteiger partial charge in [-0.1, -0.05) is 19.3 Å². The Morgan fingerprint density at radius 3 is 2.76 bits per heavy atom. The summed E-state index contributed by atoms with van der Waals surface area (Å²) in [6.45, 7) is 1.19. The van der Waals surface area contributed by atoms with Crippen molar-refractivity contribution in [2.75, 3.05) is 6.54 Å². The molecule has 2 aromatic rings. The maximum Gasteiger partial charge on any atom is 0.330 e. The third kappa shape index (κ3) is 2.53. The van der Waals surface area contributed by atoms with Crippen LogP contribution in [0.5, 0.6) is 0 Å². The van der Waals surface area contributed by atoms with Crippen LogP contribution in [0.25, 0.3) is 11.2 Å². The highest BCUT2D eigenvalue weighted by Gasteiger charge is 2.21. The van der Waals surface area contributed by atoms with Crippen LogP contribution < -0.4 is 17.0 Å². The smallest absolute Gasteiger partial charge is 0.330 e. The van der Waals surface area contributed by atoms with Crippen molar-refractivity contribution in [1.29, 1.82) is 0 Å². The SMILES string of the molecule is NCCCn1cnc2c1c(=O)[nH]c(=O)n2C1CCCCC1. The van der Waals surface area contributed by atoms with E-state index < -0.39 is 0 Å². The molecule has 0 atom stereocenters.